The van der Waals surface area contributed by atoms with Gasteiger partial charge in [0.1, 0.15) is 0 Å². The molecule has 0 aliphatic heterocycles. The molecule has 3 nitrogen and oxygen atoms in total. The number of nitrogens with one attached hydrogen (secondary N) is 1. The van der Waals surface area contributed by atoms with Crippen LogP contribution in [0.1, 0.15) is 4.88 Å². The predicted octanol–water partition coefficient (Wildman–Crippen LogP) is 0.981. The van der Waals surface area contributed by atoms with E-state index >= 15 is 0 Å². The summed E-state index contributed by atoms with van der Waals surface area (Å²) in [6, 6.07) is 1.95. The summed E-state index contributed by atoms with van der Waals surface area (Å²) in [5.74, 6) is 0. The Bertz CT molecular complexity index is 245. The van der Waals surface area contributed by atoms with Crippen LogP contribution in [0.4, 0.5) is 5.69 Å². The summed E-state index contributed by atoms with van der Waals surface area (Å²) in [5, 5.41) is 5.37. The monoisotopic (exact) mass is 199 g/mol. The van der Waals surface area contributed by atoms with Gasteiger partial charge in [-0.05, 0) is 25.5 Å². The van der Waals surface area contributed by atoms with Crippen molar-refractivity contribution in [2.45, 2.75) is 6.54 Å². The molecule has 0 bridgehead atoms. The number of thiophene rings is 1. The van der Waals surface area contributed by atoms with Gasteiger partial charge in [0, 0.05) is 30.2 Å². The first-order chi connectivity index (χ1) is 6.20. The van der Waals surface area contributed by atoms with Crippen LogP contribution in [0, 0.1) is 0 Å². The summed E-state index contributed by atoms with van der Waals surface area (Å²) in [6.07, 6.45) is 0. The molecule has 0 fully saturated rings. The summed E-state index contributed by atoms with van der Waals surface area (Å²) in [7, 11) is 4.14. The molecule has 0 atom stereocenters. The van der Waals surface area contributed by atoms with Gasteiger partial charge in [-0.1, -0.05) is 0 Å². The molecule has 0 saturated heterocycles. The summed E-state index contributed by atoms with van der Waals surface area (Å²) in [6.45, 7) is 2.95. The highest BCUT2D eigenvalue weighted by atomic mass is 32.1. The predicted molar refractivity (Wildman–Crippen MR) is 59.0 cm³/mol. The van der Waals surface area contributed by atoms with Gasteiger partial charge in [0.25, 0.3) is 0 Å². The van der Waals surface area contributed by atoms with Crippen LogP contribution in [-0.4, -0.2) is 32.1 Å². The van der Waals surface area contributed by atoms with Crippen LogP contribution in [-0.2, 0) is 6.54 Å². The molecule has 1 rings (SSSR count). The minimum Gasteiger partial charge on any atom is -0.398 e. The van der Waals surface area contributed by atoms with Gasteiger partial charge in [-0.15, -0.1) is 11.3 Å². The second-order valence-electron chi connectivity index (χ2n) is 3.28. The van der Waals surface area contributed by atoms with E-state index < -0.39 is 0 Å². The van der Waals surface area contributed by atoms with Crippen LogP contribution in [0.3, 0.4) is 0 Å². The number of nitrogens with two attached hydrogens (primary N) is 1. The van der Waals surface area contributed by atoms with Crippen molar-refractivity contribution >= 4 is 17.0 Å². The fraction of sp³-hybridized carbons (Fsp3) is 0.556. The van der Waals surface area contributed by atoms with Crippen molar-refractivity contribution < 1.29 is 0 Å². The first-order valence-electron chi connectivity index (χ1n) is 4.37. The number of anilines is 1. The van der Waals surface area contributed by atoms with Gasteiger partial charge in [0.05, 0.1) is 0 Å². The van der Waals surface area contributed by atoms with Gasteiger partial charge in [-0.25, -0.2) is 0 Å². The molecule has 0 aliphatic carbocycles. The Labute approximate surface area is 83.5 Å². The van der Waals surface area contributed by atoms with Crippen molar-refractivity contribution in [2.24, 2.45) is 0 Å². The van der Waals surface area contributed by atoms with Crippen molar-refractivity contribution in [1.29, 1.82) is 0 Å². The fourth-order valence-corrected chi connectivity index (χ4v) is 1.77. The van der Waals surface area contributed by atoms with Gasteiger partial charge in [0.2, 0.25) is 0 Å². The number of likely N-dealkylation sites (N-methyl/N-ethyl adjacent to an activating group) is 1. The Morgan fingerprint density at radius 1 is 1.54 bits per heavy atom. The number of nitrogens with zero attached hydrogens (tertiary/aromatic N) is 1. The van der Waals surface area contributed by atoms with Gasteiger partial charge < -0.3 is 16.0 Å². The zero-order valence-electron chi connectivity index (χ0n) is 8.21. The molecular formula is C9H17N3S. The molecular weight excluding hydrogens is 182 g/mol. The number of nitrogen functional groups attached to an aromatic ring is 1. The first kappa shape index (κ1) is 10.5. The molecule has 1 aromatic heterocycles. The molecule has 13 heavy (non-hydrogen) atoms. The maximum absolute atomic E-state index is 5.74. The molecule has 1 heterocycles. The van der Waals surface area contributed by atoms with E-state index in [1.165, 1.54) is 4.88 Å². The van der Waals surface area contributed by atoms with E-state index in [-0.39, 0.29) is 0 Å². The molecule has 74 valence electrons. The van der Waals surface area contributed by atoms with Crippen LogP contribution in [0.2, 0.25) is 0 Å². The Hall–Kier alpha value is -0.580. The van der Waals surface area contributed by atoms with Gasteiger partial charge in [0.15, 0.2) is 0 Å². The maximum atomic E-state index is 5.74. The van der Waals surface area contributed by atoms with E-state index in [2.05, 4.69) is 24.3 Å². The van der Waals surface area contributed by atoms with Crippen LogP contribution in [0.25, 0.3) is 0 Å². The Balaban J connectivity index is 2.17. The average molecular weight is 199 g/mol. The van der Waals surface area contributed by atoms with E-state index in [9.17, 15) is 0 Å². The molecule has 0 amide bonds. The summed E-state index contributed by atoms with van der Waals surface area (Å²) < 4.78 is 0. The maximum Gasteiger partial charge on any atom is 0.0468 e. The smallest absolute Gasteiger partial charge is 0.0468 e. The van der Waals surface area contributed by atoms with Gasteiger partial charge in [-0.3, -0.25) is 0 Å². The topological polar surface area (TPSA) is 41.3 Å². The third-order valence-corrected chi connectivity index (χ3v) is 2.74. The largest absolute Gasteiger partial charge is 0.398 e. The second kappa shape index (κ2) is 5.21. The number of hydrogen-bond acceptors (Lipinski definition) is 4. The minimum absolute atomic E-state index is 0.886. The van der Waals surface area contributed by atoms with Crippen molar-refractivity contribution in [1.82, 2.24) is 10.2 Å². The van der Waals surface area contributed by atoms with Crippen LogP contribution >= 0.6 is 11.3 Å². The highest BCUT2D eigenvalue weighted by Gasteiger charge is 1.98. The first-order valence-corrected chi connectivity index (χ1v) is 5.25. The molecule has 0 saturated carbocycles. The number of hydrogen-bond donors (Lipinski definition) is 2. The van der Waals surface area contributed by atoms with Crippen molar-refractivity contribution in [3.05, 3.63) is 16.3 Å². The summed E-state index contributed by atoms with van der Waals surface area (Å²) in [5.41, 5.74) is 6.65. The van der Waals surface area contributed by atoms with Crippen LogP contribution in [0.5, 0.6) is 0 Å². The van der Waals surface area contributed by atoms with Crippen molar-refractivity contribution in [2.75, 3.05) is 32.9 Å². The third kappa shape index (κ3) is 3.76. The fourth-order valence-electron chi connectivity index (χ4n) is 0.999. The summed E-state index contributed by atoms with van der Waals surface area (Å²) >= 11 is 1.71. The molecule has 0 unspecified atom stereocenters. The van der Waals surface area contributed by atoms with Crippen molar-refractivity contribution in [3.63, 3.8) is 0 Å². The Kier molecular flexibility index (Phi) is 4.21. The zero-order valence-corrected chi connectivity index (χ0v) is 9.03. The lowest BCUT2D eigenvalue weighted by molar-refractivity contribution is 0.400. The van der Waals surface area contributed by atoms with Crippen LogP contribution in [0.15, 0.2) is 11.4 Å². The van der Waals surface area contributed by atoms with E-state index in [0.29, 0.717) is 0 Å². The van der Waals surface area contributed by atoms with E-state index in [1.54, 1.807) is 11.3 Å². The Morgan fingerprint density at radius 3 is 2.85 bits per heavy atom. The van der Waals surface area contributed by atoms with Crippen molar-refractivity contribution in [3.8, 4) is 0 Å². The minimum atomic E-state index is 0.886. The lowest BCUT2D eigenvalue weighted by atomic mass is 10.4. The van der Waals surface area contributed by atoms with E-state index in [0.717, 1.165) is 25.3 Å². The van der Waals surface area contributed by atoms with E-state index in [1.807, 2.05) is 11.4 Å². The SMILES string of the molecule is CN(C)CCNCc1sccc1N. The lowest BCUT2D eigenvalue weighted by Crippen LogP contribution is -2.26. The second-order valence-corrected chi connectivity index (χ2v) is 4.28. The molecule has 0 aliphatic rings. The highest BCUT2D eigenvalue weighted by molar-refractivity contribution is 7.10. The van der Waals surface area contributed by atoms with Gasteiger partial charge >= 0.3 is 0 Å². The Morgan fingerprint density at radius 2 is 2.31 bits per heavy atom. The lowest BCUT2D eigenvalue weighted by Gasteiger charge is -2.09. The molecule has 0 radical (unpaired) electrons. The molecule has 0 spiro atoms. The molecule has 4 heteroatoms. The average Bonchev–Trinajstić information content (AvgIpc) is 2.45. The zero-order chi connectivity index (χ0) is 9.68. The quantitative estimate of drug-likeness (QED) is 0.695. The molecule has 3 N–H and O–H groups in total. The highest BCUT2D eigenvalue weighted by Crippen LogP contribution is 2.17. The summed E-state index contributed by atoms with van der Waals surface area (Å²) in [4.78, 5) is 3.39. The van der Waals surface area contributed by atoms with E-state index in [4.69, 9.17) is 5.73 Å². The standard InChI is InChI=1S/C9H17N3S/c1-12(2)5-4-11-7-9-8(10)3-6-13-9/h3,6,11H,4-5,7,10H2,1-2H3. The molecule has 1 aromatic rings. The van der Waals surface area contributed by atoms with Gasteiger partial charge in [-0.2, -0.15) is 0 Å². The normalized spacial score (nSPS) is 11.0. The molecule has 0 aromatic carbocycles. The van der Waals surface area contributed by atoms with Crippen LogP contribution < -0.4 is 11.1 Å². The number of rotatable bonds is 5. The third-order valence-electron chi connectivity index (χ3n) is 1.80.